The standard InChI is InChI=1S/C10H14N2O2/c11-8(4-3-6-10(13)14)9-5-1-2-7-12-9/h1-2,5,7-8H,3-4,6,11H2,(H,13,14). The molecule has 0 bridgehead atoms. The van der Waals surface area contributed by atoms with Crippen molar-refractivity contribution in [3.05, 3.63) is 30.1 Å². The Kier molecular flexibility index (Phi) is 4.07. The Labute approximate surface area is 82.8 Å². The number of nitrogens with two attached hydrogens (primary N) is 1. The van der Waals surface area contributed by atoms with Crippen LogP contribution in [-0.2, 0) is 4.79 Å². The molecule has 1 atom stereocenters. The molecule has 76 valence electrons. The van der Waals surface area contributed by atoms with Gasteiger partial charge in [0.05, 0.1) is 5.69 Å². The van der Waals surface area contributed by atoms with Crippen LogP contribution in [0.3, 0.4) is 0 Å². The number of carboxylic acids is 1. The number of rotatable bonds is 5. The fourth-order valence-corrected chi connectivity index (χ4v) is 1.22. The first-order valence-corrected chi connectivity index (χ1v) is 4.58. The number of nitrogens with zero attached hydrogens (tertiary/aromatic N) is 1. The van der Waals surface area contributed by atoms with Crippen molar-refractivity contribution in [2.24, 2.45) is 5.73 Å². The van der Waals surface area contributed by atoms with Gasteiger partial charge in [-0.15, -0.1) is 0 Å². The molecule has 1 rings (SSSR count). The van der Waals surface area contributed by atoms with E-state index in [9.17, 15) is 4.79 Å². The van der Waals surface area contributed by atoms with Gasteiger partial charge in [-0.05, 0) is 25.0 Å². The van der Waals surface area contributed by atoms with Crippen LogP contribution in [0.5, 0.6) is 0 Å². The van der Waals surface area contributed by atoms with Crippen molar-refractivity contribution in [1.29, 1.82) is 0 Å². The van der Waals surface area contributed by atoms with Gasteiger partial charge < -0.3 is 10.8 Å². The lowest BCUT2D eigenvalue weighted by molar-refractivity contribution is -0.137. The quantitative estimate of drug-likeness (QED) is 0.741. The predicted octanol–water partition coefficient (Wildman–Crippen LogP) is 1.34. The minimum Gasteiger partial charge on any atom is -0.481 e. The molecule has 0 spiro atoms. The number of hydrogen-bond acceptors (Lipinski definition) is 3. The Hall–Kier alpha value is -1.42. The van der Waals surface area contributed by atoms with Crippen LogP contribution in [0.15, 0.2) is 24.4 Å². The topological polar surface area (TPSA) is 76.2 Å². The third-order valence-electron chi connectivity index (χ3n) is 1.97. The average Bonchev–Trinajstić information content (AvgIpc) is 2.18. The summed E-state index contributed by atoms with van der Waals surface area (Å²) in [6, 6.07) is 5.40. The normalized spacial score (nSPS) is 12.4. The van der Waals surface area contributed by atoms with Gasteiger partial charge >= 0.3 is 5.97 Å². The fraction of sp³-hybridized carbons (Fsp3) is 0.400. The summed E-state index contributed by atoms with van der Waals surface area (Å²) in [5.74, 6) is -0.779. The lowest BCUT2D eigenvalue weighted by Gasteiger charge is -2.09. The molecule has 0 radical (unpaired) electrons. The fourth-order valence-electron chi connectivity index (χ4n) is 1.22. The highest BCUT2D eigenvalue weighted by atomic mass is 16.4. The van der Waals surface area contributed by atoms with Crippen LogP contribution in [0.25, 0.3) is 0 Å². The molecule has 3 N–H and O–H groups in total. The molecular weight excluding hydrogens is 180 g/mol. The van der Waals surface area contributed by atoms with Crippen LogP contribution < -0.4 is 5.73 Å². The second kappa shape index (κ2) is 5.34. The molecule has 4 heteroatoms. The van der Waals surface area contributed by atoms with Gasteiger partial charge in [-0.3, -0.25) is 9.78 Å². The van der Waals surface area contributed by atoms with E-state index < -0.39 is 5.97 Å². The molecule has 1 aromatic heterocycles. The summed E-state index contributed by atoms with van der Waals surface area (Å²) in [6.45, 7) is 0. The number of carbonyl (C=O) groups is 1. The molecule has 4 nitrogen and oxygen atoms in total. The van der Waals surface area contributed by atoms with E-state index in [0.717, 1.165) is 5.69 Å². The number of pyridine rings is 1. The number of aromatic nitrogens is 1. The van der Waals surface area contributed by atoms with Crippen LogP contribution in [0, 0.1) is 0 Å². The van der Waals surface area contributed by atoms with Crippen LogP contribution in [0.1, 0.15) is 31.0 Å². The van der Waals surface area contributed by atoms with Gasteiger partial charge in [0.1, 0.15) is 0 Å². The Morgan fingerprint density at radius 3 is 2.93 bits per heavy atom. The number of carboxylic acid groups (broad SMARTS) is 1. The summed E-state index contributed by atoms with van der Waals surface area (Å²) < 4.78 is 0. The molecule has 0 aromatic carbocycles. The first kappa shape index (κ1) is 10.7. The second-order valence-electron chi connectivity index (χ2n) is 3.15. The van der Waals surface area contributed by atoms with E-state index in [1.165, 1.54) is 0 Å². The van der Waals surface area contributed by atoms with Gasteiger partial charge in [0.15, 0.2) is 0 Å². The summed E-state index contributed by atoms with van der Waals surface area (Å²) in [4.78, 5) is 14.4. The van der Waals surface area contributed by atoms with Crippen LogP contribution in [0.2, 0.25) is 0 Å². The van der Waals surface area contributed by atoms with E-state index in [2.05, 4.69) is 4.98 Å². The van der Waals surface area contributed by atoms with Crippen molar-refractivity contribution in [2.45, 2.75) is 25.3 Å². The van der Waals surface area contributed by atoms with Crippen LogP contribution in [0.4, 0.5) is 0 Å². The average molecular weight is 194 g/mol. The van der Waals surface area contributed by atoms with Crippen LogP contribution in [-0.4, -0.2) is 16.1 Å². The second-order valence-corrected chi connectivity index (χ2v) is 3.15. The molecule has 0 saturated carbocycles. The van der Waals surface area contributed by atoms with Crippen molar-refractivity contribution >= 4 is 5.97 Å². The molecule has 0 aliphatic rings. The van der Waals surface area contributed by atoms with Crippen LogP contribution >= 0.6 is 0 Å². The molecule has 0 fully saturated rings. The molecular formula is C10H14N2O2. The number of hydrogen-bond donors (Lipinski definition) is 2. The SMILES string of the molecule is NC(CCCC(=O)O)c1ccccn1. The van der Waals surface area contributed by atoms with E-state index >= 15 is 0 Å². The Bertz CT molecular complexity index is 287. The van der Waals surface area contributed by atoms with Crippen molar-refractivity contribution < 1.29 is 9.90 Å². The highest BCUT2D eigenvalue weighted by Gasteiger charge is 2.07. The van der Waals surface area contributed by atoms with Gasteiger partial charge in [-0.2, -0.15) is 0 Å². The predicted molar refractivity (Wildman–Crippen MR) is 52.7 cm³/mol. The van der Waals surface area contributed by atoms with E-state index in [0.29, 0.717) is 12.8 Å². The highest BCUT2D eigenvalue weighted by Crippen LogP contribution is 2.13. The maximum Gasteiger partial charge on any atom is 0.303 e. The molecule has 0 aliphatic heterocycles. The Morgan fingerprint density at radius 2 is 2.36 bits per heavy atom. The summed E-state index contributed by atoms with van der Waals surface area (Å²) >= 11 is 0. The highest BCUT2D eigenvalue weighted by molar-refractivity contribution is 5.66. The first-order valence-electron chi connectivity index (χ1n) is 4.58. The third kappa shape index (κ3) is 3.53. The zero-order valence-corrected chi connectivity index (χ0v) is 7.89. The van der Waals surface area contributed by atoms with E-state index in [-0.39, 0.29) is 12.5 Å². The van der Waals surface area contributed by atoms with Gasteiger partial charge in [0.2, 0.25) is 0 Å². The zero-order chi connectivity index (χ0) is 10.4. The maximum absolute atomic E-state index is 10.3. The molecule has 0 aliphatic carbocycles. The summed E-state index contributed by atoms with van der Waals surface area (Å²) in [5.41, 5.74) is 6.64. The van der Waals surface area contributed by atoms with Crippen molar-refractivity contribution in [1.82, 2.24) is 4.98 Å². The van der Waals surface area contributed by atoms with E-state index in [1.807, 2.05) is 18.2 Å². The van der Waals surface area contributed by atoms with E-state index in [1.54, 1.807) is 6.20 Å². The smallest absolute Gasteiger partial charge is 0.303 e. The monoisotopic (exact) mass is 194 g/mol. The van der Waals surface area contributed by atoms with Crippen molar-refractivity contribution in [3.63, 3.8) is 0 Å². The van der Waals surface area contributed by atoms with Crippen molar-refractivity contribution in [2.75, 3.05) is 0 Å². The lowest BCUT2D eigenvalue weighted by Crippen LogP contribution is -2.12. The molecule has 1 heterocycles. The first-order chi connectivity index (χ1) is 6.70. The summed E-state index contributed by atoms with van der Waals surface area (Å²) in [6.07, 6.45) is 3.10. The van der Waals surface area contributed by atoms with Gasteiger partial charge in [-0.1, -0.05) is 6.07 Å². The minimum absolute atomic E-state index is 0.157. The third-order valence-corrected chi connectivity index (χ3v) is 1.97. The van der Waals surface area contributed by atoms with Gasteiger partial charge in [-0.25, -0.2) is 0 Å². The Balaban J connectivity index is 2.36. The molecule has 1 unspecified atom stereocenters. The number of aliphatic carboxylic acids is 1. The molecule has 0 amide bonds. The van der Waals surface area contributed by atoms with Gasteiger partial charge in [0.25, 0.3) is 0 Å². The molecule has 14 heavy (non-hydrogen) atoms. The molecule has 1 aromatic rings. The Morgan fingerprint density at radius 1 is 1.57 bits per heavy atom. The van der Waals surface area contributed by atoms with E-state index in [4.69, 9.17) is 10.8 Å². The minimum atomic E-state index is -0.779. The maximum atomic E-state index is 10.3. The molecule has 0 saturated heterocycles. The summed E-state index contributed by atoms with van der Waals surface area (Å²) in [7, 11) is 0. The summed E-state index contributed by atoms with van der Waals surface area (Å²) in [5, 5.41) is 8.44. The zero-order valence-electron chi connectivity index (χ0n) is 7.89. The van der Waals surface area contributed by atoms with Gasteiger partial charge in [0, 0.05) is 18.7 Å². The largest absolute Gasteiger partial charge is 0.481 e. The lowest BCUT2D eigenvalue weighted by atomic mass is 10.1. The van der Waals surface area contributed by atoms with Crippen molar-refractivity contribution in [3.8, 4) is 0 Å².